The van der Waals surface area contributed by atoms with Crippen LogP contribution >= 0.6 is 0 Å². The minimum Gasteiger partial charge on any atom is -0.481 e. The fourth-order valence-electron chi connectivity index (χ4n) is 2.93. The first-order valence-electron chi connectivity index (χ1n) is 6.96. The molecule has 2 heterocycles. The first-order valence-corrected chi connectivity index (χ1v) is 6.96. The molecule has 22 heavy (non-hydrogen) atoms. The molecule has 2 bridgehead atoms. The van der Waals surface area contributed by atoms with Crippen LogP contribution in [-0.2, 0) is 14.3 Å². The zero-order valence-corrected chi connectivity index (χ0v) is 11.9. The summed E-state index contributed by atoms with van der Waals surface area (Å²) in [4.78, 5) is 34.9. The molecule has 0 spiro atoms. The molecule has 0 unspecified atom stereocenters. The lowest BCUT2D eigenvalue weighted by Crippen LogP contribution is -2.39. The molecule has 1 amide bonds. The maximum absolute atomic E-state index is 12.4. The quantitative estimate of drug-likeness (QED) is 0.649. The number of carbonyl (C=O) groups excluding carboxylic acids is 2. The van der Waals surface area contributed by atoms with Crippen molar-refractivity contribution in [1.82, 2.24) is 0 Å². The summed E-state index contributed by atoms with van der Waals surface area (Å²) in [5, 5.41) is 12.0. The first kappa shape index (κ1) is 14.5. The number of anilines is 1. The summed E-state index contributed by atoms with van der Waals surface area (Å²) >= 11 is 0. The van der Waals surface area contributed by atoms with Gasteiger partial charge in [-0.2, -0.15) is 0 Å². The van der Waals surface area contributed by atoms with Gasteiger partial charge in [0.2, 0.25) is 5.91 Å². The van der Waals surface area contributed by atoms with Crippen LogP contribution in [0.3, 0.4) is 0 Å². The van der Waals surface area contributed by atoms with Crippen LogP contribution in [0.15, 0.2) is 36.4 Å². The molecular formula is C16H15NO5. The van der Waals surface area contributed by atoms with Gasteiger partial charge in [-0.1, -0.05) is 12.2 Å². The number of carboxylic acids is 1. The molecule has 0 radical (unpaired) electrons. The lowest BCUT2D eigenvalue weighted by Gasteiger charge is -2.21. The van der Waals surface area contributed by atoms with E-state index in [1.165, 1.54) is 6.92 Å². The Morgan fingerprint density at radius 2 is 1.64 bits per heavy atom. The highest BCUT2D eigenvalue weighted by molar-refractivity contribution is 5.98. The number of benzene rings is 1. The number of hydrogen-bond donors (Lipinski definition) is 2. The number of carbonyl (C=O) groups is 3. The number of nitrogens with one attached hydrogen (secondary N) is 1. The third-order valence-corrected chi connectivity index (χ3v) is 4.05. The largest absolute Gasteiger partial charge is 0.481 e. The molecule has 1 aromatic rings. The van der Waals surface area contributed by atoms with E-state index in [1.807, 2.05) is 0 Å². The molecule has 114 valence electrons. The normalized spacial score (nSPS) is 28.6. The third-order valence-electron chi connectivity index (χ3n) is 4.05. The van der Waals surface area contributed by atoms with E-state index in [9.17, 15) is 19.5 Å². The summed E-state index contributed by atoms with van der Waals surface area (Å²) in [6.07, 6.45) is 2.38. The van der Waals surface area contributed by atoms with Gasteiger partial charge in [0, 0.05) is 11.3 Å². The second-order valence-electron chi connectivity index (χ2n) is 5.46. The van der Waals surface area contributed by atoms with Gasteiger partial charge in [0.25, 0.3) is 0 Å². The molecular weight excluding hydrogens is 286 g/mol. The van der Waals surface area contributed by atoms with E-state index in [0.717, 1.165) is 0 Å². The van der Waals surface area contributed by atoms with Crippen molar-refractivity contribution >= 4 is 23.3 Å². The van der Waals surface area contributed by atoms with Crippen molar-refractivity contribution in [2.75, 3.05) is 5.32 Å². The number of ether oxygens (including phenoxy) is 1. The summed E-state index contributed by atoms with van der Waals surface area (Å²) in [5.41, 5.74) is 1.07. The molecule has 1 fully saturated rings. The summed E-state index contributed by atoms with van der Waals surface area (Å²) in [6.45, 7) is 1.46. The van der Waals surface area contributed by atoms with Crippen molar-refractivity contribution < 1.29 is 24.2 Å². The van der Waals surface area contributed by atoms with Crippen molar-refractivity contribution in [1.29, 1.82) is 0 Å². The highest BCUT2D eigenvalue weighted by Gasteiger charge is 2.53. The molecule has 2 N–H and O–H groups in total. The van der Waals surface area contributed by atoms with E-state index in [1.54, 1.807) is 36.4 Å². The van der Waals surface area contributed by atoms with E-state index in [-0.39, 0.29) is 11.7 Å². The molecule has 4 atom stereocenters. The van der Waals surface area contributed by atoms with Crippen LogP contribution in [0.5, 0.6) is 0 Å². The van der Waals surface area contributed by atoms with Gasteiger partial charge in [-0.25, -0.2) is 0 Å². The van der Waals surface area contributed by atoms with Crippen molar-refractivity contribution in [3.05, 3.63) is 42.0 Å². The Morgan fingerprint density at radius 1 is 1.05 bits per heavy atom. The molecule has 2 aliphatic rings. The predicted octanol–water partition coefficient (Wildman–Crippen LogP) is 1.48. The summed E-state index contributed by atoms with van der Waals surface area (Å²) < 4.78 is 5.47. The monoisotopic (exact) mass is 301 g/mol. The maximum Gasteiger partial charge on any atom is 0.310 e. The number of carboxylic acid groups (broad SMARTS) is 1. The van der Waals surface area contributed by atoms with Gasteiger partial charge in [-0.15, -0.1) is 0 Å². The first-order chi connectivity index (χ1) is 10.5. The average Bonchev–Trinajstić information content (AvgIpc) is 3.08. The summed E-state index contributed by atoms with van der Waals surface area (Å²) in [7, 11) is 0. The van der Waals surface area contributed by atoms with E-state index in [4.69, 9.17) is 4.74 Å². The number of Topliss-reactive ketones (excluding diaryl/α,β-unsaturated/α-hetero) is 1. The van der Waals surface area contributed by atoms with Gasteiger partial charge >= 0.3 is 5.97 Å². The highest BCUT2D eigenvalue weighted by atomic mass is 16.5. The van der Waals surface area contributed by atoms with Crippen LogP contribution in [0.4, 0.5) is 5.69 Å². The minimum absolute atomic E-state index is 0.0598. The average molecular weight is 301 g/mol. The maximum atomic E-state index is 12.4. The zero-order valence-electron chi connectivity index (χ0n) is 11.9. The fourth-order valence-corrected chi connectivity index (χ4v) is 2.93. The third kappa shape index (κ3) is 2.42. The number of hydrogen-bond acceptors (Lipinski definition) is 4. The highest BCUT2D eigenvalue weighted by Crippen LogP contribution is 2.39. The van der Waals surface area contributed by atoms with Gasteiger partial charge in [-0.05, 0) is 31.2 Å². The van der Waals surface area contributed by atoms with Crippen LogP contribution in [-0.4, -0.2) is 35.0 Å². The van der Waals surface area contributed by atoms with Gasteiger partial charge < -0.3 is 15.2 Å². The lowest BCUT2D eigenvalue weighted by atomic mass is 9.82. The Balaban J connectivity index is 1.75. The molecule has 2 aliphatic heterocycles. The lowest BCUT2D eigenvalue weighted by molar-refractivity contribution is -0.145. The number of fused-ring (bicyclic) bond motifs is 2. The molecule has 0 saturated carbocycles. The summed E-state index contributed by atoms with van der Waals surface area (Å²) in [5.74, 6) is -3.11. The number of amides is 1. The van der Waals surface area contributed by atoms with Gasteiger partial charge in [-0.3, -0.25) is 14.4 Å². The van der Waals surface area contributed by atoms with Crippen LogP contribution < -0.4 is 5.32 Å². The van der Waals surface area contributed by atoms with E-state index < -0.39 is 30.0 Å². The SMILES string of the molecule is CC(=O)c1ccc(NC(=O)[C@@H]2[C@@H](C(=O)O)[C@@H]3C=C[C@H]2O3)cc1. The van der Waals surface area contributed by atoms with Crippen molar-refractivity contribution in [2.24, 2.45) is 11.8 Å². The molecule has 0 aromatic heterocycles. The molecule has 6 heteroatoms. The zero-order chi connectivity index (χ0) is 15.9. The van der Waals surface area contributed by atoms with Gasteiger partial charge in [0.15, 0.2) is 5.78 Å². The van der Waals surface area contributed by atoms with Gasteiger partial charge in [0.05, 0.1) is 18.1 Å². The standard InChI is InChI=1S/C16H15NO5/c1-8(18)9-2-4-10(5-3-9)17-15(19)13-11-6-7-12(22-11)14(13)16(20)21/h2-7,11-14H,1H3,(H,17,19)(H,20,21)/t11-,12+,13+,14+/m1/s1. The number of ketones is 1. The van der Waals surface area contributed by atoms with E-state index >= 15 is 0 Å². The van der Waals surface area contributed by atoms with Crippen LogP contribution in [0.1, 0.15) is 17.3 Å². The molecule has 0 aliphatic carbocycles. The van der Waals surface area contributed by atoms with Crippen molar-refractivity contribution in [2.45, 2.75) is 19.1 Å². The molecule has 3 rings (SSSR count). The topological polar surface area (TPSA) is 92.7 Å². The fraction of sp³-hybridized carbons (Fsp3) is 0.312. The Kier molecular flexibility index (Phi) is 3.54. The Labute approximate surface area is 126 Å². The van der Waals surface area contributed by atoms with Crippen molar-refractivity contribution in [3.63, 3.8) is 0 Å². The van der Waals surface area contributed by atoms with Crippen LogP contribution in [0, 0.1) is 11.8 Å². The Bertz CT molecular complexity index is 664. The molecule has 1 saturated heterocycles. The number of rotatable bonds is 4. The van der Waals surface area contributed by atoms with E-state index in [2.05, 4.69) is 5.32 Å². The molecule has 6 nitrogen and oxygen atoms in total. The van der Waals surface area contributed by atoms with Crippen molar-refractivity contribution in [3.8, 4) is 0 Å². The predicted molar refractivity (Wildman–Crippen MR) is 77.5 cm³/mol. The van der Waals surface area contributed by atoms with E-state index in [0.29, 0.717) is 11.3 Å². The second kappa shape index (κ2) is 5.38. The molecule has 1 aromatic carbocycles. The summed E-state index contributed by atoms with van der Waals surface area (Å²) in [6, 6.07) is 6.47. The smallest absolute Gasteiger partial charge is 0.310 e. The van der Waals surface area contributed by atoms with Crippen LogP contribution in [0.25, 0.3) is 0 Å². The van der Waals surface area contributed by atoms with Gasteiger partial charge in [0.1, 0.15) is 5.92 Å². The van der Waals surface area contributed by atoms with Crippen LogP contribution in [0.2, 0.25) is 0 Å². The Hall–Kier alpha value is -2.47. The minimum atomic E-state index is -1.04. The number of aliphatic carboxylic acids is 1. The Morgan fingerprint density at radius 3 is 2.18 bits per heavy atom. The second-order valence-corrected chi connectivity index (χ2v) is 5.46.